The lowest BCUT2D eigenvalue weighted by Crippen LogP contribution is -2.18. The lowest BCUT2D eigenvalue weighted by Gasteiger charge is -2.21. The maximum Gasteiger partial charge on any atom is 0.135 e. The van der Waals surface area contributed by atoms with Crippen LogP contribution in [0.25, 0.3) is 0 Å². The molecule has 1 unspecified atom stereocenters. The first-order chi connectivity index (χ1) is 10.0. The third-order valence-corrected chi connectivity index (χ3v) is 3.44. The standard InChI is InChI=1S/C17H23N3O/c1-12-9-14(10-13(2)18)11-19-17(12)20(3)15-5-7-16(21-4)8-6-15/h5-9,11,13H,10,18H2,1-4H3. The average molecular weight is 285 g/mol. The van der Waals surface area contributed by atoms with Crippen LogP contribution in [-0.4, -0.2) is 25.2 Å². The van der Waals surface area contributed by atoms with Crippen molar-refractivity contribution in [3.05, 3.63) is 47.7 Å². The van der Waals surface area contributed by atoms with E-state index in [0.717, 1.165) is 29.2 Å². The van der Waals surface area contributed by atoms with Gasteiger partial charge in [-0.1, -0.05) is 6.07 Å². The van der Waals surface area contributed by atoms with Gasteiger partial charge in [0.2, 0.25) is 0 Å². The van der Waals surface area contributed by atoms with E-state index in [4.69, 9.17) is 10.5 Å². The van der Waals surface area contributed by atoms with E-state index >= 15 is 0 Å². The van der Waals surface area contributed by atoms with Crippen LogP contribution in [0.4, 0.5) is 11.5 Å². The molecule has 0 bridgehead atoms. The zero-order chi connectivity index (χ0) is 15.4. The monoisotopic (exact) mass is 285 g/mol. The number of aryl methyl sites for hydroxylation is 1. The molecule has 0 aliphatic heterocycles. The Bertz CT molecular complexity index is 593. The molecule has 2 aromatic rings. The van der Waals surface area contributed by atoms with Gasteiger partial charge in [0.25, 0.3) is 0 Å². The lowest BCUT2D eigenvalue weighted by molar-refractivity contribution is 0.415. The van der Waals surface area contributed by atoms with Crippen LogP contribution in [0.2, 0.25) is 0 Å². The van der Waals surface area contributed by atoms with Crippen LogP contribution in [0.3, 0.4) is 0 Å². The number of ether oxygens (including phenoxy) is 1. The smallest absolute Gasteiger partial charge is 0.135 e. The summed E-state index contributed by atoms with van der Waals surface area (Å²) in [6, 6.07) is 10.3. The third kappa shape index (κ3) is 3.73. The summed E-state index contributed by atoms with van der Waals surface area (Å²) >= 11 is 0. The van der Waals surface area contributed by atoms with E-state index in [0.29, 0.717) is 0 Å². The van der Waals surface area contributed by atoms with Crippen molar-refractivity contribution < 1.29 is 4.74 Å². The van der Waals surface area contributed by atoms with E-state index in [-0.39, 0.29) is 6.04 Å². The van der Waals surface area contributed by atoms with Crippen LogP contribution >= 0.6 is 0 Å². The molecule has 0 aliphatic carbocycles. The van der Waals surface area contributed by atoms with Gasteiger partial charge in [0.15, 0.2) is 0 Å². The first-order valence-electron chi connectivity index (χ1n) is 7.10. The molecule has 2 N–H and O–H groups in total. The van der Waals surface area contributed by atoms with E-state index < -0.39 is 0 Å². The second kappa shape index (κ2) is 6.59. The number of aromatic nitrogens is 1. The summed E-state index contributed by atoms with van der Waals surface area (Å²) in [6.45, 7) is 4.08. The van der Waals surface area contributed by atoms with Gasteiger partial charge in [0, 0.05) is 25.0 Å². The maximum absolute atomic E-state index is 5.84. The predicted molar refractivity (Wildman–Crippen MR) is 87.4 cm³/mol. The Morgan fingerprint density at radius 3 is 2.48 bits per heavy atom. The van der Waals surface area contributed by atoms with Crippen LogP contribution in [0.15, 0.2) is 36.5 Å². The highest BCUT2D eigenvalue weighted by atomic mass is 16.5. The quantitative estimate of drug-likeness (QED) is 0.917. The Morgan fingerprint density at radius 2 is 1.95 bits per heavy atom. The molecule has 1 heterocycles. The van der Waals surface area contributed by atoms with Crippen LogP contribution in [-0.2, 0) is 6.42 Å². The summed E-state index contributed by atoms with van der Waals surface area (Å²) in [5.74, 6) is 1.80. The van der Waals surface area contributed by atoms with E-state index in [1.165, 1.54) is 5.56 Å². The molecule has 0 saturated carbocycles. The molecule has 1 aromatic carbocycles. The Morgan fingerprint density at radius 1 is 1.29 bits per heavy atom. The van der Waals surface area contributed by atoms with Gasteiger partial charge in [0.05, 0.1) is 7.11 Å². The highest BCUT2D eigenvalue weighted by Crippen LogP contribution is 2.26. The SMILES string of the molecule is COc1ccc(N(C)c2ncc(CC(C)N)cc2C)cc1. The fourth-order valence-corrected chi connectivity index (χ4v) is 2.39. The lowest BCUT2D eigenvalue weighted by atomic mass is 10.1. The van der Waals surface area contributed by atoms with Crippen molar-refractivity contribution in [2.45, 2.75) is 26.3 Å². The average Bonchev–Trinajstić information content (AvgIpc) is 2.46. The summed E-state index contributed by atoms with van der Waals surface area (Å²) in [5.41, 5.74) is 9.24. The molecule has 0 spiro atoms. The van der Waals surface area contributed by atoms with Crippen molar-refractivity contribution in [2.75, 3.05) is 19.1 Å². The second-order valence-electron chi connectivity index (χ2n) is 5.42. The Labute approximate surface area is 126 Å². The number of nitrogens with zero attached hydrogens (tertiary/aromatic N) is 2. The first-order valence-corrected chi connectivity index (χ1v) is 7.10. The van der Waals surface area contributed by atoms with Gasteiger partial charge in [0.1, 0.15) is 11.6 Å². The van der Waals surface area contributed by atoms with Gasteiger partial charge < -0.3 is 15.4 Å². The highest BCUT2D eigenvalue weighted by molar-refractivity contribution is 5.62. The van der Waals surface area contributed by atoms with Crippen molar-refractivity contribution in [2.24, 2.45) is 5.73 Å². The van der Waals surface area contributed by atoms with Crippen molar-refractivity contribution in [3.63, 3.8) is 0 Å². The molecule has 0 radical (unpaired) electrons. The maximum atomic E-state index is 5.84. The summed E-state index contributed by atoms with van der Waals surface area (Å²) < 4.78 is 5.19. The van der Waals surface area contributed by atoms with Gasteiger partial charge in [-0.15, -0.1) is 0 Å². The number of rotatable bonds is 5. The Hall–Kier alpha value is -2.07. The molecule has 4 nitrogen and oxygen atoms in total. The number of pyridine rings is 1. The van der Waals surface area contributed by atoms with Gasteiger partial charge in [-0.05, 0) is 55.7 Å². The van der Waals surface area contributed by atoms with Crippen molar-refractivity contribution in [1.29, 1.82) is 0 Å². The largest absolute Gasteiger partial charge is 0.497 e. The van der Waals surface area contributed by atoms with Gasteiger partial charge in [-0.2, -0.15) is 0 Å². The number of benzene rings is 1. The number of hydrogen-bond donors (Lipinski definition) is 1. The van der Waals surface area contributed by atoms with Crippen LogP contribution in [0.1, 0.15) is 18.1 Å². The normalized spacial score (nSPS) is 12.0. The van der Waals surface area contributed by atoms with Crippen LogP contribution in [0.5, 0.6) is 5.75 Å². The molecule has 1 aromatic heterocycles. The van der Waals surface area contributed by atoms with Gasteiger partial charge in [-0.25, -0.2) is 4.98 Å². The third-order valence-electron chi connectivity index (χ3n) is 3.44. The Kier molecular flexibility index (Phi) is 4.81. The number of methoxy groups -OCH3 is 1. The minimum absolute atomic E-state index is 0.149. The van der Waals surface area contributed by atoms with E-state index in [1.54, 1.807) is 7.11 Å². The molecular formula is C17H23N3O. The minimum Gasteiger partial charge on any atom is -0.497 e. The molecule has 21 heavy (non-hydrogen) atoms. The van der Waals surface area contributed by atoms with Gasteiger partial charge in [-0.3, -0.25) is 0 Å². The molecule has 0 fully saturated rings. The molecule has 0 aliphatic rings. The van der Waals surface area contributed by atoms with Crippen LogP contribution in [0, 0.1) is 6.92 Å². The predicted octanol–water partition coefficient (Wildman–Crippen LogP) is 3.06. The molecule has 112 valence electrons. The molecule has 4 heteroatoms. The summed E-state index contributed by atoms with van der Waals surface area (Å²) in [4.78, 5) is 6.66. The number of nitrogens with two attached hydrogens (primary N) is 1. The second-order valence-corrected chi connectivity index (χ2v) is 5.42. The van der Waals surface area contributed by atoms with E-state index in [1.807, 2.05) is 44.4 Å². The zero-order valence-electron chi connectivity index (χ0n) is 13.1. The molecule has 1 atom stereocenters. The Balaban J connectivity index is 2.23. The van der Waals surface area contributed by atoms with E-state index in [2.05, 4.69) is 22.9 Å². The van der Waals surface area contributed by atoms with E-state index in [9.17, 15) is 0 Å². The summed E-state index contributed by atoms with van der Waals surface area (Å²) in [7, 11) is 3.68. The number of hydrogen-bond acceptors (Lipinski definition) is 4. The summed E-state index contributed by atoms with van der Waals surface area (Å²) in [6.07, 6.45) is 2.76. The number of anilines is 2. The zero-order valence-corrected chi connectivity index (χ0v) is 13.1. The fraction of sp³-hybridized carbons (Fsp3) is 0.353. The molecule has 0 saturated heterocycles. The summed E-state index contributed by atoms with van der Waals surface area (Å²) in [5, 5.41) is 0. The topological polar surface area (TPSA) is 51.4 Å². The minimum atomic E-state index is 0.149. The molecular weight excluding hydrogens is 262 g/mol. The fourth-order valence-electron chi connectivity index (χ4n) is 2.39. The van der Waals surface area contributed by atoms with Crippen molar-refractivity contribution in [1.82, 2.24) is 4.98 Å². The van der Waals surface area contributed by atoms with Crippen molar-refractivity contribution >= 4 is 11.5 Å². The first kappa shape index (κ1) is 15.3. The molecule has 2 rings (SSSR count). The van der Waals surface area contributed by atoms with Crippen LogP contribution < -0.4 is 15.4 Å². The highest BCUT2D eigenvalue weighted by Gasteiger charge is 2.10. The molecule has 0 amide bonds. The van der Waals surface area contributed by atoms with Gasteiger partial charge >= 0.3 is 0 Å². The van der Waals surface area contributed by atoms with Crippen molar-refractivity contribution in [3.8, 4) is 5.75 Å².